The molecular weight excluding hydrogens is 900 g/mol. The summed E-state index contributed by atoms with van der Waals surface area (Å²) in [4.78, 5) is 30.4. The Morgan fingerprint density at radius 2 is 1.49 bits per heavy atom. The normalized spacial score (nSPS) is 17.2. The molecule has 2 N–H and O–H groups in total. The van der Waals surface area contributed by atoms with E-state index < -0.39 is 17.7 Å². The maximum Gasteiger partial charge on any atom is 0.411 e. The van der Waals surface area contributed by atoms with E-state index in [0.717, 1.165) is 77.7 Å². The van der Waals surface area contributed by atoms with Crippen molar-refractivity contribution in [1.82, 2.24) is 10.2 Å². The van der Waals surface area contributed by atoms with Gasteiger partial charge in [-0.3, -0.25) is 10.1 Å². The summed E-state index contributed by atoms with van der Waals surface area (Å²) in [6.45, 7) is 14.3. The number of nitrogens with one attached hydrogen (secondary N) is 2. The lowest BCUT2D eigenvalue weighted by molar-refractivity contribution is -0.401. The van der Waals surface area contributed by atoms with Crippen LogP contribution in [0.3, 0.4) is 0 Å². The van der Waals surface area contributed by atoms with Crippen LogP contribution in [0, 0.1) is 17.6 Å². The second-order valence-electron chi connectivity index (χ2n) is 20.3. The number of halogens is 3. The van der Waals surface area contributed by atoms with Crippen LogP contribution in [0.25, 0.3) is 11.1 Å². The molecule has 4 aromatic carbocycles. The third kappa shape index (κ3) is 13.2. The van der Waals surface area contributed by atoms with Gasteiger partial charge >= 0.3 is 6.09 Å². The van der Waals surface area contributed by atoms with Gasteiger partial charge in [0.1, 0.15) is 18.7 Å². The highest BCUT2D eigenvalue weighted by Gasteiger charge is 2.42. The van der Waals surface area contributed by atoms with E-state index >= 15 is 0 Å². The fourth-order valence-electron chi connectivity index (χ4n) is 10.5. The number of ether oxygens (including phenoxy) is 1. The lowest BCUT2D eigenvalue weighted by Gasteiger charge is -2.31. The number of amides is 2. The number of fused-ring (bicyclic) bond motifs is 2. The number of anilines is 2. The molecule has 0 atom stereocenters. The lowest BCUT2D eigenvalue weighted by atomic mass is 9.81. The summed E-state index contributed by atoms with van der Waals surface area (Å²) in [7, 11) is 2.16. The molecule has 4 aromatic rings. The van der Waals surface area contributed by atoms with Crippen molar-refractivity contribution in [1.29, 1.82) is 0 Å². The predicted molar refractivity (Wildman–Crippen MR) is 284 cm³/mol. The highest BCUT2D eigenvalue weighted by molar-refractivity contribution is 6.31. The molecule has 70 heavy (non-hydrogen) atoms. The van der Waals surface area contributed by atoms with E-state index in [1.54, 1.807) is 0 Å². The van der Waals surface area contributed by atoms with Gasteiger partial charge < -0.3 is 19.9 Å². The van der Waals surface area contributed by atoms with Gasteiger partial charge in [0.15, 0.2) is 5.71 Å². The van der Waals surface area contributed by atoms with Crippen molar-refractivity contribution in [3.63, 3.8) is 0 Å². The molecule has 3 aliphatic rings. The molecule has 8 nitrogen and oxygen atoms in total. The minimum atomic E-state index is -0.610. The van der Waals surface area contributed by atoms with E-state index in [0.29, 0.717) is 29.8 Å². The third-order valence-electron chi connectivity index (χ3n) is 14.6. The van der Waals surface area contributed by atoms with Crippen LogP contribution in [-0.4, -0.2) is 73.6 Å². The van der Waals surface area contributed by atoms with E-state index in [9.17, 15) is 18.4 Å². The Balaban J connectivity index is 0.718. The van der Waals surface area contributed by atoms with Crippen LogP contribution >= 0.6 is 11.6 Å². The third-order valence-corrected chi connectivity index (χ3v) is 14.9. The number of hydrogen-bond acceptors (Lipinski definition) is 5. The van der Waals surface area contributed by atoms with E-state index in [1.807, 2.05) is 0 Å². The largest absolute Gasteiger partial charge is 0.449 e. The zero-order chi connectivity index (χ0) is 49.7. The van der Waals surface area contributed by atoms with Crippen LogP contribution in [0.2, 0.25) is 5.02 Å². The number of carbonyl (C=O) groups is 2. The summed E-state index contributed by atoms with van der Waals surface area (Å²) >= 11 is 5.95. The number of piperidine rings is 1. The zero-order valence-corrected chi connectivity index (χ0v) is 42.7. The number of unbranched alkanes of at least 4 members (excludes halogenated alkanes) is 7. The molecule has 0 saturated carbocycles. The first-order chi connectivity index (χ1) is 33.7. The van der Waals surface area contributed by atoms with Gasteiger partial charge in [-0.2, -0.15) is 4.58 Å². The lowest BCUT2D eigenvalue weighted by Crippen LogP contribution is -2.36. The van der Waals surface area contributed by atoms with Gasteiger partial charge in [-0.25, -0.2) is 13.6 Å². The fourth-order valence-corrected chi connectivity index (χ4v) is 10.7. The summed E-state index contributed by atoms with van der Waals surface area (Å²) < 4.78 is 35.7. The summed E-state index contributed by atoms with van der Waals surface area (Å²) in [5.74, 6) is -0.614. The van der Waals surface area contributed by atoms with Crippen molar-refractivity contribution in [3.05, 3.63) is 149 Å². The maximum atomic E-state index is 14.1. The maximum absolute atomic E-state index is 14.1. The van der Waals surface area contributed by atoms with Crippen molar-refractivity contribution < 1.29 is 27.7 Å². The Bertz CT molecular complexity index is 2580. The van der Waals surface area contributed by atoms with E-state index in [4.69, 9.17) is 16.3 Å². The second-order valence-corrected chi connectivity index (χ2v) is 20.7. The quantitative estimate of drug-likeness (QED) is 0.0466. The number of nitrogens with zero attached hydrogens (tertiary/aromatic N) is 3. The monoisotopic (exact) mass is 973 g/mol. The van der Waals surface area contributed by atoms with Gasteiger partial charge in [-0.15, -0.1) is 0 Å². The van der Waals surface area contributed by atoms with Crippen LogP contribution in [0.5, 0.6) is 0 Å². The van der Waals surface area contributed by atoms with E-state index in [2.05, 4.69) is 139 Å². The first-order valence-electron chi connectivity index (χ1n) is 25.5. The van der Waals surface area contributed by atoms with Crippen LogP contribution in [0.15, 0.2) is 121 Å². The number of carbonyl (C=O) groups excluding carboxylic acids is 2. The van der Waals surface area contributed by atoms with Crippen molar-refractivity contribution in [2.24, 2.45) is 5.92 Å². The average Bonchev–Trinajstić information content (AvgIpc) is 3.68. The molecule has 2 amide bonds. The topological polar surface area (TPSA) is 76.9 Å². The summed E-state index contributed by atoms with van der Waals surface area (Å²) in [6, 6.07) is 25.5. The predicted octanol–water partition coefficient (Wildman–Crippen LogP) is 14.1. The van der Waals surface area contributed by atoms with Crippen molar-refractivity contribution >= 4 is 46.4 Å². The Morgan fingerprint density at radius 1 is 0.786 bits per heavy atom. The van der Waals surface area contributed by atoms with Crippen molar-refractivity contribution in [3.8, 4) is 11.1 Å². The Labute approximate surface area is 420 Å². The molecule has 3 aliphatic heterocycles. The number of benzene rings is 4. The van der Waals surface area contributed by atoms with Crippen LogP contribution < -0.4 is 15.5 Å². The number of rotatable bonds is 22. The number of para-hydroxylation sites is 2. The van der Waals surface area contributed by atoms with Gasteiger partial charge in [0.25, 0.3) is 0 Å². The van der Waals surface area contributed by atoms with E-state index in [1.165, 1.54) is 96.0 Å². The molecule has 7 rings (SSSR count). The highest BCUT2D eigenvalue weighted by Crippen LogP contribution is 2.48. The molecule has 3 heterocycles. The molecule has 0 unspecified atom stereocenters. The summed E-state index contributed by atoms with van der Waals surface area (Å²) in [6.07, 6.45) is 22.7. The van der Waals surface area contributed by atoms with Crippen molar-refractivity contribution in [2.75, 3.05) is 56.6 Å². The second kappa shape index (κ2) is 24.5. The minimum absolute atomic E-state index is 0.0481. The molecule has 0 aliphatic carbocycles. The van der Waals surface area contributed by atoms with Crippen LogP contribution in [0.1, 0.15) is 116 Å². The molecule has 0 bridgehead atoms. The molecule has 0 spiro atoms. The number of likely N-dealkylation sites (tertiary alicyclic amines) is 1. The minimum Gasteiger partial charge on any atom is -0.449 e. The number of allylic oxidation sites excluding steroid dienone is 6. The Hall–Kier alpha value is -5.58. The summed E-state index contributed by atoms with van der Waals surface area (Å²) in [5, 5.41) is 5.79. The zero-order valence-electron chi connectivity index (χ0n) is 42.0. The van der Waals surface area contributed by atoms with Gasteiger partial charge in [0.2, 0.25) is 11.6 Å². The fraction of sp³-hybridized carbons (Fsp3) is 0.441. The SMILES string of the molecule is C[N+]1=C(C=CC=CC=C2N(CCCCCC(=O)NCCCCCCCCN3CCC(COC(=O)Nc4ccc(F)cc4-c4ccc(F)c(Cl)c4)CC3)c3ccccc3C2(C)C)C(C)(C)c2ccccc21. The molecule has 0 aromatic heterocycles. The van der Waals surface area contributed by atoms with Crippen LogP contribution in [0.4, 0.5) is 30.6 Å². The molecule has 372 valence electrons. The average molecular weight is 974 g/mol. The molecule has 1 fully saturated rings. The van der Waals surface area contributed by atoms with Gasteiger partial charge in [0.05, 0.1) is 22.7 Å². The first-order valence-corrected chi connectivity index (χ1v) is 25.9. The van der Waals surface area contributed by atoms with Crippen LogP contribution in [-0.2, 0) is 20.4 Å². The van der Waals surface area contributed by atoms with Crippen molar-refractivity contribution in [2.45, 2.75) is 116 Å². The van der Waals surface area contributed by atoms with Gasteiger partial charge in [0, 0.05) is 59.6 Å². The molecule has 11 heteroatoms. The summed E-state index contributed by atoms with van der Waals surface area (Å²) in [5.41, 5.74) is 8.94. The standard InChI is InChI=1S/C59H72ClF2N5O3/c1-58(2)47-22-15-17-24-52(47)65(5)54(58)26-12-10-13-27-55-59(3,4)48-23-16-18-25-53(48)67(55)37-21-11-14-28-56(68)63-35-19-8-6-7-9-20-36-66-38-33-43(34-39-66)42-70-57(69)64-51-32-30-45(61)41-46(51)44-29-31-50(62)49(60)40-44/h10,12-13,15-18,22-27,29-32,40-41,43H,6-9,11,14,19-21,28,33-39,42H2,1-5H3,(H-,63,64,68,69)/p+1. The first kappa shape index (κ1) is 52.2. The van der Waals surface area contributed by atoms with Gasteiger partial charge in [-0.1, -0.05) is 118 Å². The Kier molecular flexibility index (Phi) is 18.3. The smallest absolute Gasteiger partial charge is 0.411 e. The Morgan fingerprint density at radius 3 is 2.26 bits per heavy atom. The molecular formula is C59H73ClF2N5O3+. The highest BCUT2D eigenvalue weighted by atomic mass is 35.5. The van der Waals surface area contributed by atoms with E-state index in [-0.39, 0.29) is 27.7 Å². The molecule has 1 saturated heterocycles. The number of hydrogen-bond donors (Lipinski definition) is 2. The molecule has 0 radical (unpaired) electrons. The van der Waals surface area contributed by atoms with Gasteiger partial charge in [-0.05, 0) is 132 Å².